The molecule has 1 saturated carbocycles. The van der Waals surface area contributed by atoms with E-state index >= 15 is 0 Å². The molecule has 1 aliphatic rings. The Morgan fingerprint density at radius 2 is 1.75 bits per heavy atom. The van der Waals surface area contributed by atoms with Crippen molar-refractivity contribution in [2.75, 3.05) is 10.6 Å². The molecule has 0 bridgehead atoms. The minimum absolute atomic E-state index is 0.0696. The maximum atomic E-state index is 11.8. The number of carbonyl (C=O) groups excluding carboxylic acids is 2. The van der Waals surface area contributed by atoms with E-state index in [1.165, 1.54) is 12.4 Å². The summed E-state index contributed by atoms with van der Waals surface area (Å²) in [5.41, 5.74) is 1.87. The lowest BCUT2D eigenvalue weighted by molar-refractivity contribution is -0.117. The summed E-state index contributed by atoms with van der Waals surface area (Å²) in [5, 5.41) is 11.9. The maximum Gasteiger partial charge on any atom is 0.258 e. The summed E-state index contributed by atoms with van der Waals surface area (Å²) < 4.78 is 0. The average Bonchev–Trinajstić information content (AvgIpc) is 3.16. The van der Waals surface area contributed by atoms with Crippen LogP contribution in [-0.2, 0) is 4.79 Å². The van der Waals surface area contributed by atoms with Gasteiger partial charge in [0.05, 0.1) is 11.8 Å². The Hall–Kier alpha value is -2.63. The fraction of sp³-hybridized carbons (Fsp3) is 0.214. The number of hydrogen-bond acceptors (Lipinski definition) is 3. The predicted octanol–water partition coefficient (Wildman–Crippen LogP) is 2.01. The summed E-state index contributed by atoms with van der Waals surface area (Å²) in [7, 11) is 0. The van der Waals surface area contributed by atoms with Gasteiger partial charge in [-0.1, -0.05) is 0 Å². The van der Waals surface area contributed by atoms with Crippen molar-refractivity contribution in [3.05, 3.63) is 42.2 Å². The van der Waals surface area contributed by atoms with E-state index in [1.807, 2.05) is 0 Å². The van der Waals surface area contributed by atoms with Crippen LogP contribution in [0.25, 0.3) is 0 Å². The first kappa shape index (κ1) is 12.4. The molecule has 0 aliphatic heterocycles. The molecular weight excluding hydrogens is 256 g/mol. The van der Waals surface area contributed by atoms with Crippen molar-refractivity contribution in [1.82, 2.24) is 10.2 Å². The Morgan fingerprint density at radius 1 is 1.10 bits per heavy atom. The molecule has 0 unspecified atom stereocenters. The van der Waals surface area contributed by atoms with Crippen LogP contribution in [-0.4, -0.2) is 22.0 Å². The zero-order valence-corrected chi connectivity index (χ0v) is 10.7. The molecule has 6 nitrogen and oxygen atoms in total. The number of benzene rings is 1. The lowest BCUT2D eigenvalue weighted by atomic mass is 10.2. The van der Waals surface area contributed by atoms with Crippen molar-refractivity contribution in [1.29, 1.82) is 0 Å². The highest BCUT2D eigenvalue weighted by Gasteiger charge is 2.29. The van der Waals surface area contributed by atoms with Gasteiger partial charge in [0.15, 0.2) is 0 Å². The summed E-state index contributed by atoms with van der Waals surface area (Å²) in [6, 6.07) is 7.04. The molecule has 1 aromatic carbocycles. The molecule has 1 heterocycles. The van der Waals surface area contributed by atoms with Crippen LogP contribution in [0.3, 0.4) is 0 Å². The topological polar surface area (TPSA) is 86.9 Å². The van der Waals surface area contributed by atoms with Crippen molar-refractivity contribution < 1.29 is 9.59 Å². The second-order valence-corrected chi connectivity index (χ2v) is 4.78. The molecule has 6 heteroatoms. The van der Waals surface area contributed by atoms with Crippen LogP contribution in [0.1, 0.15) is 23.2 Å². The highest BCUT2D eigenvalue weighted by atomic mass is 16.2. The largest absolute Gasteiger partial charge is 0.326 e. The van der Waals surface area contributed by atoms with E-state index in [9.17, 15) is 9.59 Å². The third-order valence-corrected chi connectivity index (χ3v) is 3.12. The predicted molar refractivity (Wildman–Crippen MR) is 74.3 cm³/mol. The highest BCUT2D eigenvalue weighted by Crippen LogP contribution is 2.30. The highest BCUT2D eigenvalue weighted by molar-refractivity contribution is 6.04. The first-order chi connectivity index (χ1) is 9.72. The van der Waals surface area contributed by atoms with Gasteiger partial charge >= 0.3 is 0 Å². The third-order valence-electron chi connectivity index (χ3n) is 3.12. The first-order valence-corrected chi connectivity index (χ1v) is 6.43. The number of aromatic amines is 1. The van der Waals surface area contributed by atoms with Crippen LogP contribution in [0.4, 0.5) is 11.4 Å². The maximum absolute atomic E-state index is 11.8. The zero-order valence-electron chi connectivity index (χ0n) is 10.7. The number of H-pyrrole nitrogens is 1. The summed E-state index contributed by atoms with van der Waals surface area (Å²) in [4.78, 5) is 23.4. The van der Waals surface area contributed by atoms with Gasteiger partial charge in [0.25, 0.3) is 5.91 Å². The van der Waals surface area contributed by atoms with Crippen LogP contribution in [0, 0.1) is 5.92 Å². The summed E-state index contributed by atoms with van der Waals surface area (Å²) >= 11 is 0. The summed E-state index contributed by atoms with van der Waals surface area (Å²) in [5.74, 6) is 0.0177. The lowest BCUT2D eigenvalue weighted by Crippen LogP contribution is -2.13. The van der Waals surface area contributed by atoms with E-state index in [4.69, 9.17) is 0 Å². The monoisotopic (exact) mass is 270 g/mol. The second-order valence-electron chi connectivity index (χ2n) is 4.78. The molecular formula is C14H14N4O2. The SMILES string of the molecule is O=C(Nc1ccc(NC(=O)C2CC2)cc1)c1cn[nH]c1. The van der Waals surface area contributed by atoms with Crippen LogP contribution in [0.15, 0.2) is 36.7 Å². The van der Waals surface area contributed by atoms with E-state index in [1.54, 1.807) is 24.3 Å². The van der Waals surface area contributed by atoms with Crippen LogP contribution >= 0.6 is 0 Å². The molecule has 0 spiro atoms. The number of rotatable bonds is 4. The lowest BCUT2D eigenvalue weighted by Gasteiger charge is -2.06. The summed E-state index contributed by atoms with van der Waals surface area (Å²) in [6.45, 7) is 0. The number of amides is 2. The number of nitrogens with zero attached hydrogens (tertiary/aromatic N) is 1. The van der Waals surface area contributed by atoms with E-state index in [0.29, 0.717) is 11.3 Å². The molecule has 0 radical (unpaired) electrons. The Bertz CT molecular complexity index is 615. The summed E-state index contributed by atoms with van der Waals surface area (Å²) in [6.07, 6.45) is 4.94. The minimum atomic E-state index is -0.228. The second kappa shape index (κ2) is 5.16. The average molecular weight is 270 g/mol. The molecule has 20 heavy (non-hydrogen) atoms. The zero-order chi connectivity index (χ0) is 13.9. The molecule has 102 valence electrons. The van der Waals surface area contributed by atoms with Crippen molar-refractivity contribution in [2.24, 2.45) is 5.92 Å². The van der Waals surface area contributed by atoms with Gasteiger partial charge in [0, 0.05) is 23.5 Å². The van der Waals surface area contributed by atoms with E-state index in [-0.39, 0.29) is 17.7 Å². The molecule has 1 aliphatic carbocycles. The van der Waals surface area contributed by atoms with Crippen molar-refractivity contribution in [3.63, 3.8) is 0 Å². The van der Waals surface area contributed by atoms with Gasteiger partial charge in [-0.2, -0.15) is 5.10 Å². The van der Waals surface area contributed by atoms with E-state index < -0.39 is 0 Å². The number of aromatic nitrogens is 2. The standard InChI is InChI=1S/C14H14N4O2/c19-13(9-1-2-9)17-11-3-5-12(6-4-11)18-14(20)10-7-15-16-8-10/h3-9H,1-2H2,(H,15,16)(H,17,19)(H,18,20). The van der Waals surface area contributed by atoms with E-state index in [2.05, 4.69) is 20.8 Å². The molecule has 0 atom stereocenters. The van der Waals surface area contributed by atoms with Crippen LogP contribution in [0.5, 0.6) is 0 Å². The Morgan fingerprint density at radius 3 is 2.30 bits per heavy atom. The van der Waals surface area contributed by atoms with Gasteiger partial charge in [-0.05, 0) is 37.1 Å². The third kappa shape index (κ3) is 2.85. The van der Waals surface area contributed by atoms with Gasteiger partial charge in [-0.25, -0.2) is 0 Å². The van der Waals surface area contributed by atoms with Gasteiger partial charge < -0.3 is 10.6 Å². The number of hydrogen-bond donors (Lipinski definition) is 3. The molecule has 2 amide bonds. The quantitative estimate of drug-likeness (QED) is 0.794. The van der Waals surface area contributed by atoms with Gasteiger partial charge in [0.2, 0.25) is 5.91 Å². The Kier molecular flexibility index (Phi) is 3.20. The van der Waals surface area contributed by atoms with Crippen molar-refractivity contribution in [3.8, 4) is 0 Å². The van der Waals surface area contributed by atoms with Gasteiger partial charge in [-0.15, -0.1) is 0 Å². The molecule has 1 fully saturated rings. The smallest absolute Gasteiger partial charge is 0.258 e. The van der Waals surface area contributed by atoms with Crippen molar-refractivity contribution in [2.45, 2.75) is 12.8 Å². The molecule has 3 rings (SSSR count). The fourth-order valence-corrected chi connectivity index (χ4v) is 1.81. The number of anilines is 2. The normalized spacial score (nSPS) is 13.8. The Balaban J connectivity index is 1.61. The van der Waals surface area contributed by atoms with E-state index in [0.717, 1.165) is 18.5 Å². The molecule has 3 N–H and O–H groups in total. The molecule has 1 aromatic heterocycles. The Labute approximate surface area is 115 Å². The first-order valence-electron chi connectivity index (χ1n) is 6.43. The molecule has 0 saturated heterocycles. The minimum Gasteiger partial charge on any atom is -0.326 e. The van der Waals surface area contributed by atoms with Crippen LogP contribution < -0.4 is 10.6 Å². The number of nitrogens with one attached hydrogen (secondary N) is 3. The molecule has 2 aromatic rings. The van der Waals surface area contributed by atoms with Crippen LogP contribution in [0.2, 0.25) is 0 Å². The van der Waals surface area contributed by atoms with Gasteiger partial charge in [0.1, 0.15) is 0 Å². The van der Waals surface area contributed by atoms with Gasteiger partial charge in [-0.3, -0.25) is 14.7 Å². The van der Waals surface area contributed by atoms with Crippen molar-refractivity contribution >= 4 is 23.2 Å². The fourth-order valence-electron chi connectivity index (χ4n) is 1.81. The number of carbonyl (C=O) groups is 2.